The van der Waals surface area contributed by atoms with Crippen LogP contribution in [0.1, 0.15) is 13.3 Å². The van der Waals surface area contributed by atoms with Crippen LogP contribution in [-0.4, -0.2) is 57.7 Å². The third-order valence-corrected chi connectivity index (χ3v) is 4.24. The van der Waals surface area contributed by atoms with Crippen molar-refractivity contribution in [3.8, 4) is 5.75 Å². The van der Waals surface area contributed by atoms with Crippen molar-refractivity contribution in [1.29, 1.82) is 0 Å². The summed E-state index contributed by atoms with van der Waals surface area (Å²) in [5.41, 5.74) is 0.719. The Morgan fingerprint density at radius 2 is 1.96 bits per heavy atom. The van der Waals surface area contributed by atoms with E-state index in [4.69, 9.17) is 9.47 Å². The zero-order valence-electron chi connectivity index (χ0n) is 15.3. The molecule has 0 spiro atoms. The van der Waals surface area contributed by atoms with Crippen LogP contribution in [0.5, 0.6) is 5.75 Å². The largest absolute Gasteiger partial charge is 0.497 e. The third kappa shape index (κ3) is 4.95. The lowest BCUT2D eigenvalue weighted by atomic mass is 10.1. The summed E-state index contributed by atoms with van der Waals surface area (Å²) in [6.45, 7) is 2.68. The van der Waals surface area contributed by atoms with Gasteiger partial charge in [0.25, 0.3) is 0 Å². The van der Waals surface area contributed by atoms with Crippen molar-refractivity contribution in [3.63, 3.8) is 0 Å². The zero-order valence-corrected chi connectivity index (χ0v) is 15.3. The first-order valence-electron chi connectivity index (χ1n) is 8.47. The Bertz CT molecular complexity index is 647. The van der Waals surface area contributed by atoms with Gasteiger partial charge in [0.1, 0.15) is 11.8 Å². The minimum atomic E-state index is -0.676. The van der Waals surface area contributed by atoms with Crippen LogP contribution in [0.4, 0.5) is 5.69 Å². The molecule has 1 aliphatic rings. The monoisotopic (exact) mass is 363 g/mol. The Kier molecular flexibility index (Phi) is 6.97. The second-order valence-corrected chi connectivity index (χ2v) is 6.12. The molecule has 2 rings (SSSR count). The van der Waals surface area contributed by atoms with E-state index in [1.165, 1.54) is 0 Å². The fraction of sp³-hybridized carbons (Fsp3) is 0.500. The molecule has 1 saturated heterocycles. The van der Waals surface area contributed by atoms with E-state index in [-0.39, 0.29) is 30.7 Å². The van der Waals surface area contributed by atoms with Crippen molar-refractivity contribution in [2.75, 3.05) is 38.8 Å². The Balaban J connectivity index is 1.90. The summed E-state index contributed by atoms with van der Waals surface area (Å²) >= 11 is 0. The molecule has 8 nitrogen and oxygen atoms in total. The Hall–Kier alpha value is -2.61. The highest BCUT2D eigenvalue weighted by molar-refractivity contribution is 6.01. The van der Waals surface area contributed by atoms with E-state index in [1.807, 2.05) is 0 Å². The lowest BCUT2D eigenvalue weighted by Crippen LogP contribution is -2.47. The molecule has 142 valence electrons. The molecule has 8 heteroatoms. The molecule has 1 unspecified atom stereocenters. The lowest BCUT2D eigenvalue weighted by Gasteiger charge is -2.18. The molecule has 1 fully saturated rings. The smallest absolute Gasteiger partial charge is 0.242 e. The van der Waals surface area contributed by atoms with E-state index in [1.54, 1.807) is 50.3 Å². The van der Waals surface area contributed by atoms with Gasteiger partial charge in [0.05, 0.1) is 19.6 Å². The zero-order chi connectivity index (χ0) is 19.1. The van der Waals surface area contributed by atoms with Gasteiger partial charge in [0.15, 0.2) is 0 Å². The molecule has 1 aromatic carbocycles. The number of anilines is 1. The topological polar surface area (TPSA) is 97.0 Å². The number of amides is 3. The van der Waals surface area contributed by atoms with Gasteiger partial charge < -0.3 is 25.0 Å². The predicted octanol–water partition coefficient (Wildman–Crippen LogP) is 0.315. The second-order valence-electron chi connectivity index (χ2n) is 6.12. The summed E-state index contributed by atoms with van der Waals surface area (Å²) in [7, 11) is 3.12. The Labute approximate surface area is 152 Å². The van der Waals surface area contributed by atoms with Crippen LogP contribution < -0.4 is 20.3 Å². The highest BCUT2D eigenvalue weighted by Gasteiger charge is 2.36. The van der Waals surface area contributed by atoms with Crippen molar-refractivity contribution in [1.82, 2.24) is 10.6 Å². The minimum absolute atomic E-state index is 0.118. The lowest BCUT2D eigenvalue weighted by molar-refractivity contribution is -0.131. The molecule has 2 N–H and O–H groups in total. The number of rotatable bonds is 8. The third-order valence-electron chi connectivity index (χ3n) is 4.24. The number of ether oxygens (including phenoxy) is 2. The molecule has 0 aromatic heterocycles. The quantitative estimate of drug-likeness (QED) is 0.648. The first-order chi connectivity index (χ1) is 12.5. The molecular formula is C18H25N3O5. The van der Waals surface area contributed by atoms with Gasteiger partial charge in [-0.2, -0.15) is 0 Å². The van der Waals surface area contributed by atoms with Crippen molar-refractivity contribution in [2.45, 2.75) is 19.4 Å². The van der Waals surface area contributed by atoms with Crippen LogP contribution in [0.25, 0.3) is 0 Å². The SMILES string of the molecule is COCCNC(=O)[C@H](C)NC(=O)C1CC(=O)N(c2ccc(OC)cc2)C1. The summed E-state index contributed by atoms with van der Waals surface area (Å²) in [5, 5.41) is 5.33. The number of nitrogens with one attached hydrogen (secondary N) is 2. The van der Waals surface area contributed by atoms with Gasteiger partial charge in [-0.25, -0.2) is 0 Å². The maximum absolute atomic E-state index is 12.4. The molecule has 1 aliphatic heterocycles. The van der Waals surface area contributed by atoms with E-state index >= 15 is 0 Å². The maximum Gasteiger partial charge on any atom is 0.242 e. The maximum atomic E-state index is 12.4. The van der Waals surface area contributed by atoms with Gasteiger partial charge in [0.2, 0.25) is 17.7 Å². The second kappa shape index (κ2) is 9.19. The number of nitrogens with zero attached hydrogens (tertiary/aromatic N) is 1. The van der Waals surface area contributed by atoms with E-state index in [0.29, 0.717) is 18.9 Å². The molecule has 1 aromatic rings. The average molecular weight is 363 g/mol. The number of benzene rings is 1. The molecule has 0 saturated carbocycles. The van der Waals surface area contributed by atoms with Crippen LogP contribution >= 0.6 is 0 Å². The Morgan fingerprint density at radius 3 is 2.58 bits per heavy atom. The number of hydrogen-bond acceptors (Lipinski definition) is 5. The van der Waals surface area contributed by atoms with Gasteiger partial charge in [0, 0.05) is 32.3 Å². The highest BCUT2D eigenvalue weighted by atomic mass is 16.5. The standard InChI is InChI=1S/C18H25N3O5/c1-12(17(23)19-8-9-25-2)20-18(24)13-10-16(22)21(11-13)14-4-6-15(26-3)7-5-14/h4-7,12-13H,8-11H2,1-3H3,(H,19,23)(H,20,24)/t12-,13?/m0/s1. The van der Waals surface area contributed by atoms with E-state index in [9.17, 15) is 14.4 Å². The normalized spacial score (nSPS) is 17.7. The number of methoxy groups -OCH3 is 2. The van der Waals surface area contributed by atoms with Gasteiger partial charge in [-0.1, -0.05) is 0 Å². The number of hydrogen-bond donors (Lipinski definition) is 2. The summed E-state index contributed by atoms with van der Waals surface area (Å²) < 4.78 is 9.97. The molecule has 0 bridgehead atoms. The Morgan fingerprint density at radius 1 is 1.27 bits per heavy atom. The fourth-order valence-electron chi connectivity index (χ4n) is 2.72. The summed E-state index contributed by atoms with van der Waals surface area (Å²) in [5.74, 6) is -0.496. The predicted molar refractivity (Wildman–Crippen MR) is 95.9 cm³/mol. The fourth-order valence-corrected chi connectivity index (χ4v) is 2.72. The average Bonchev–Trinajstić information content (AvgIpc) is 3.03. The highest BCUT2D eigenvalue weighted by Crippen LogP contribution is 2.26. The number of carbonyl (C=O) groups excluding carboxylic acids is 3. The van der Waals surface area contributed by atoms with Gasteiger partial charge in [-0.15, -0.1) is 0 Å². The summed E-state index contributed by atoms with van der Waals surface area (Å²) in [4.78, 5) is 38.1. The molecule has 26 heavy (non-hydrogen) atoms. The van der Waals surface area contributed by atoms with Gasteiger partial charge in [-0.05, 0) is 31.2 Å². The van der Waals surface area contributed by atoms with Crippen molar-refractivity contribution in [2.24, 2.45) is 5.92 Å². The van der Waals surface area contributed by atoms with Crippen molar-refractivity contribution < 1.29 is 23.9 Å². The summed E-state index contributed by atoms with van der Waals surface area (Å²) in [6.07, 6.45) is 0.121. The first-order valence-corrected chi connectivity index (χ1v) is 8.47. The van der Waals surface area contributed by atoms with Crippen molar-refractivity contribution >= 4 is 23.4 Å². The van der Waals surface area contributed by atoms with E-state index < -0.39 is 12.0 Å². The molecule has 0 aliphatic carbocycles. The van der Waals surface area contributed by atoms with Gasteiger partial charge >= 0.3 is 0 Å². The van der Waals surface area contributed by atoms with Crippen LogP contribution in [0.2, 0.25) is 0 Å². The molecule has 0 radical (unpaired) electrons. The minimum Gasteiger partial charge on any atom is -0.497 e. The first kappa shape index (κ1) is 19.7. The molecule has 1 heterocycles. The van der Waals surface area contributed by atoms with E-state index in [0.717, 1.165) is 5.69 Å². The molecular weight excluding hydrogens is 338 g/mol. The van der Waals surface area contributed by atoms with E-state index in [2.05, 4.69) is 10.6 Å². The van der Waals surface area contributed by atoms with Crippen LogP contribution in [-0.2, 0) is 19.1 Å². The molecule has 2 atom stereocenters. The van der Waals surface area contributed by atoms with Gasteiger partial charge in [-0.3, -0.25) is 14.4 Å². The summed E-state index contributed by atoms with van der Waals surface area (Å²) in [6, 6.07) is 6.42. The van der Waals surface area contributed by atoms with Crippen molar-refractivity contribution in [3.05, 3.63) is 24.3 Å². The number of carbonyl (C=O) groups is 3. The van der Waals surface area contributed by atoms with Crippen LogP contribution in [0.15, 0.2) is 24.3 Å². The van der Waals surface area contributed by atoms with Crippen LogP contribution in [0, 0.1) is 5.92 Å². The molecule has 3 amide bonds. The van der Waals surface area contributed by atoms with Crippen LogP contribution in [0.3, 0.4) is 0 Å².